The number of hydrazone groups is 1. The van der Waals surface area contributed by atoms with E-state index in [0.717, 1.165) is 5.01 Å². The topological polar surface area (TPSA) is 100 Å². The maximum Gasteiger partial charge on any atom is 0.346 e. The molecule has 0 aromatic heterocycles. The van der Waals surface area contributed by atoms with Gasteiger partial charge < -0.3 is 19.9 Å². The normalized spacial score (nSPS) is 19.4. The van der Waals surface area contributed by atoms with Crippen LogP contribution in [-0.2, 0) is 10.3 Å². The van der Waals surface area contributed by atoms with Crippen LogP contribution in [0.1, 0.15) is 18.1 Å². The summed E-state index contributed by atoms with van der Waals surface area (Å²) < 4.78 is 10.1. The quantitative estimate of drug-likeness (QED) is 0.622. The Kier molecular flexibility index (Phi) is 4.72. The minimum atomic E-state index is -1.25. The van der Waals surface area contributed by atoms with Crippen LogP contribution in [0.15, 0.2) is 47.6 Å². The standard InChI is InChI=1S/C19H19N3O5/c1-19(13-7-9-14(26-2)10-8-13)17(24)22(18(25)21-19)20-11-12-5-4-6-15(27-3)16(12)23/h4-11,23H,1-3H3,(H,21,25)/b20-11+/t19-/m1/s1. The molecule has 3 amide bonds. The summed E-state index contributed by atoms with van der Waals surface area (Å²) in [5, 5.41) is 17.4. The molecule has 2 aromatic carbocycles. The maximum atomic E-state index is 12.8. The number of nitrogens with one attached hydrogen (secondary N) is 1. The van der Waals surface area contributed by atoms with E-state index >= 15 is 0 Å². The van der Waals surface area contributed by atoms with E-state index in [1.54, 1.807) is 56.5 Å². The van der Waals surface area contributed by atoms with Crippen LogP contribution in [0.3, 0.4) is 0 Å². The fraction of sp³-hybridized carbons (Fsp3) is 0.211. The van der Waals surface area contributed by atoms with Crippen molar-refractivity contribution in [2.45, 2.75) is 12.5 Å². The summed E-state index contributed by atoms with van der Waals surface area (Å²) in [4.78, 5) is 25.1. The molecular weight excluding hydrogens is 350 g/mol. The molecule has 0 spiro atoms. The Bertz CT molecular complexity index is 910. The molecule has 0 saturated carbocycles. The zero-order valence-electron chi connectivity index (χ0n) is 15.1. The lowest BCUT2D eigenvalue weighted by Gasteiger charge is -2.21. The highest BCUT2D eigenvalue weighted by atomic mass is 16.5. The first kappa shape index (κ1) is 18.2. The van der Waals surface area contributed by atoms with E-state index < -0.39 is 17.5 Å². The van der Waals surface area contributed by atoms with Crippen molar-refractivity contribution in [1.82, 2.24) is 10.3 Å². The van der Waals surface area contributed by atoms with Crippen molar-refractivity contribution in [2.24, 2.45) is 5.10 Å². The second-order valence-electron chi connectivity index (χ2n) is 6.04. The molecule has 1 fully saturated rings. The second kappa shape index (κ2) is 6.99. The lowest BCUT2D eigenvalue weighted by molar-refractivity contribution is -0.131. The number of urea groups is 1. The Balaban J connectivity index is 1.87. The molecule has 1 atom stereocenters. The molecule has 1 aliphatic heterocycles. The number of carbonyl (C=O) groups excluding carboxylic acids is 2. The van der Waals surface area contributed by atoms with Gasteiger partial charge in [-0.15, -0.1) is 5.01 Å². The minimum Gasteiger partial charge on any atom is -0.504 e. The van der Waals surface area contributed by atoms with Crippen LogP contribution in [0.4, 0.5) is 4.79 Å². The van der Waals surface area contributed by atoms with Crippen LogP contribution in [0, 0.1) is 0 Å². The minimum absolute atomic E-state index is 0.131. The zero-order valence-corrected chi connectivity index (χ0v) is 15.1. The highest BCUT2D eigenvalue weighted by Crippen LogP contribution is 2.31. The third kappa shape index (κ3) is 3.17. The SMILES string of the molecule is COc1ccc([C@@]2(C)NC(=O)N(/N=C/c3cccc(OC)c3O)C2=O)cc1. The second-order valence-corrected chi connectivity index (χ2v) is 6.04. The first-order valence-corrected chi connectivity index (χ1v) is 8.12. The Morgan fingerprint density at radius 3 is 2.44 bits per heavy atom. The van der Waals surface area contributed by atoms with Crippen molar-refractivity contribution in [1.29, 1.82) is 0 Å². The number of phenols is 1. The van der Waals surface area contributed by atoms with Gasteiger partial charge in [-0.3, -0.25) is 4.79 Å². The highest BCUT2D eigenvalue weighted by molar-refractivity contribution is 6.07. The molecule has 2 N–H and O–H groups in total. The molecule has 8 heteroatoms. The summed E-state index contributed by atoms with van der Waals surface area (Å²) in [5.74, 6) is 0.242. The van der Waals surface area contributed by atoms with Crippen molar-refractivity contribution >= 4 is 18.2 Å². The van der Waals surface area contributed by atoms with E-state index in [9.17, 15) is 14.7 Å². The van der Waals surface area contributed by atoms with Gasteiger partial charge in [-0.2, -0.15) is 5.10 Å². The summed E-state index contributed by atoms with van der Waals surface area (Å²) in [5.41, 5.74) is -0.339. The number of ether oxygens (including phenoxy) is 2. The number of benzene rings is 2. The largest absolute Gasteiger partial charge is 0.504 e. The first-order chi connectivity index (χ1) is 12.9. The summed E-state index contributed by atoms with van der Waals surface area (Å²) in [7, 11) is 2.97. The summed E-state index contributed by atoms with van der Waals surface area (Å²) >= 11 is 0. The number of carbonyl (C=O) groups is 2. The monoisotopic (exact) mass is 369 g/mol. The van der Waals surface area contributed by atoms with Crippen molar-refractivity contribution in [3.63, 3.8) is 0 Å². The molecule has 3 rings (SSSR count). The van der Waals surface area contributed by atoms with Gasteiger partial charge in [-0.25, -0.2) is 4.79 Å². The van der Waals surface area contributed by atoms with E-state index in [1.165, 1.54) is 13.3 Å². The van der Waals surface area contributed by atoms with Gasteiger partial charge in [0.15, 0.2) is 11.5 Å². The molecule has 0 unspecified atom stereocenters. The number of phenolic OH excluding ortho intramolecular Hbond substituents is 1. The van der Waals surface area contributed by atoms with Crippen molar-refractivity contribution < 1.29 is 24.2 Å². The molecular formula is C19H19N3O5. The van der Waals surface area contributed by atoms with Gasteiger partial charge >= 0.3 is 6.03 Å². The number of imide groups is 1. The van der Waals surface area contributed by atoms with E-state index in [4.69, 9.17) is 9.47 Å². The van der Waals surface area contributed by atoms with Crippen LogP contribution < -0.4 is 14.8 Å². The summed E-state index contributed by atoms with van der Waals surface area (Å²) in [6.45, 7) is 1.60. The Hall–Kier alpha value is -3.55. The molecule has 1 aliphatic rings. The molecule has 0 radical (unpaired) electrons. The van der Waals surface area contributed by atoms with Crippen molar-refractivity contribution in [2.75, 3.05) is 14.2 Å². The van der Waals surface area contributed by atoms with Gasteiger partial charge in [-0.1, -0.05) is 18.2 Å². The first-order valence-electron chi connectivity index (χ1n) is 8.12. The van der Waals surface area contributed by atoms with Gasteiger partial charge in [0.1, 0.15) is 11.3 Å². The van der Waals surface area contributed by atoms with Crippen molar-refractivity contribution in [3.05, 3.63) is 53.6 Å². The van der Waals surface area contributed by atoms with E-state index in [0.29, 0.717) is 16.9 Å². The molecule has 0 bridgehead atoms. The fourth-order valence-corrected chi connectivity index (χ4v) is 2.78. The van der Waals surface area contributed by atoms with Gasteiger partial charge in [-0.05, 0) is 36.8 Å². The Labute approximate surface area is 156 Å². The van der Waals surface area contributed by atoms with Crippen LogP contribution in [0.2, 0.25) is 0 Å². The molecule has 2 aromatic rings. The van der Waals surface area contributed by atoms with Gasteiger partial charge in [0.05, 0.1) is 20.4 Å². The van der Waals surface area contributed by atoms with Crippen LogP contribution in [-0.4, -0.2) is 42.5 Å². The van der Waals surface area contributed by atoms with E-state index in [2.05, 4.69) is 10.4 Å². The molecule has 8 nitrogen and oxygen atoms in total. The lowest BCUT2D eigenvalue weighted by atomic mass is 9.92. The average Bonchev–Trinajstić information content (AvgIpc) is 2.90. The van der Waals surface area contributed by atoms with Crippen LogP contribution in [0.5, 0.6) is 17.2 Å². The third-order valence-corrected chi connectivity index (χ3v) is 4.40. The molecule has 27 heavy (non-hydrogen) atoms. The maximum absolute atomic E-state index is 12.8. The van der Waals surface area contributed by atoms with Gasteiger partial charge in [0.2, 0.25) is 0 Å². The van der Waals surface area contributed by atoms with E-state index in [-0.39, 0.29) is 11.5 Å². The number of para-hydroxylation sites is 1. The number of hydrogen-bond donors (Lipinski definition) is 2. The molecule has 140 valence electrons. The zero-order chi connectivity index (χ0) is 19.6. The predicted molar refractivity (Wildman–Crippen MR) is 98.0 cm³/mol. The number of amides is 3. The molecule has 1 heterocycles. The number of nitrogens with zero attached hydrogens (tertiary/aromatic N) is 2. The molecule has 0 aliphatic carbocycles. The smallest absolute Gasteiger partial charge is 0.346 e. The molecule has 1 saturated heterocycles. The number of rotatable bonds is 5. The van der Waals surface area contributed by atoms with Crippen LogP contribution >= 0.6 is 0 Å². The number of aromatic hydroxyl groups is 1. The Morgan fingerprint density at radius 2 is 1.81 bits per heavy atom. The third-order valence-electron chi connectivity index (χ3n) is 4.40. The van der Waals surface area contributed by atoms with Crippen LogP contribution in [0.25, 0.3) is 0 Å². The number of hydrogen-bond acceptors (Lipinski definition) is 6. The number of methoxy groups -OCH3 is 2. The fourth-order valence-electron chi connectivity index (χ4n) is 2.78. The van der Waals surface area contributed by atoms with E-state index in [1.807, 2.05) is 0 Å². The highest BCUT2D eigenvalue weighted by Gasteiger charge is 2.49. The van der Waals surface area contributed by atoms with Gasteiger partial charge in [0, 0.05) is 5.56 Å². The predicted octanol–water partition coefficient (Wildman–Crippen LogP) is 2.21. The lowest BCUT2D eigenvalue weighted by Crippen LogP contribution is -2.40. The summed E-state index contributed by atoms with van der Waals surface area (Å²) in [6.07, 6.45) is 1.23. The summed E-state index contributed by atoms with van der Waals surface area (Å²) in [6, 6.07) is 11.0. The Morgan fingerprint density at radius 1 is 1.11 bits per heavy atom. The van der Waals surface area contributed by atoms with Gasteiger partial charge in [0.25, 0.3) is 5.91 Å². The average molecular weight is 369 g/mol. The van der Waals surface area contributed by atoms with Crippen molar-refractivity contribution in [3.8, 4) is 17.2 Å².